The van der Waals surface area contributed by atoms with Crippen molar-refractivity contribution < 1.29 is 4.79 Å². The predicted octanol–water partition coefficient (Wildman–Crippen LogP) is 2.90. The standard InChI is InChI=1S/C12H22ClNO/c1-9-4-6-11(7-5-9)12(15)14(3)10(2)8-13/h9-11H,4-8H2,1-3H3. The van der Waals surface area contributed by atoms with Gasteiger partial charge in [0.1, 0.15) is 0 Å². The smallest absolute Gasteiger partial charge is 0.225 e. The zero-order valence-corrected chi connectivity index (χ0v) is 10.8. The molecule has 3 heteroatoms. The average molecular weight is 232 g/mol. The van der Waals surface area contributed by atoms with E-state index in [9.17, 15) is 4.79 Å². The molecule has 0 aliphatic heterocycles. The van der Waals surface area contributed by atoms with E-state index in [1.165, 1.54) is 12.8 Å². The molecule has 1 fully saturated rings. The maximum absolute atomic E-state index is 12.1. The summed E-state index contributed by atoms with van der Waals surface area (Å²) in [6.45, 7) is 4.27. The molecule has 15 heavy (non-hydrogen) atoms. The van der Waals surface area contributed by atoms with Crippen LogP contribution in [0.1, 0.15) is 39.5 Å². The first-order valence-corrected chi connectivity index (χ1v) is 6.42. The number of hydrogen-bond acceptors (Lipinski definition) is 1. The number of carbonyl (C=O) groups is 1. The van der Waals surface area contributed by atoms with Gasteiger partial charge in [-0.25, -0.2) is 0 Å². The Labute approximate surface area is 98.0 Å². The fraction of sp³-hybridized carbons (Fsp3) is 0.917. The van der Waals surface area contributed by atoms with Gasteiger partial charge in [-0.05, 0) is 38.5 Å². The molecule has 0 aromatic heterocycles. The molecule has 1 atom stereocenters. The molecule has 0 radical (unpaired) electrons. The van der Waals surface area contributed by atoms with Gasteiger partial charge in [-0.2, -0.15) is 0 Å². The van der Waals surface area contributed by atoms with Crippen LogP contribution in [0.15, 0.2) is 0 Å². The van der Waals surface area contributed by atoms with Crippen molar-refractivity contribution in [2.24, 2.45) is 11.8 Å². The lowest BCUT2D eigenvalue weighted by Crippen LogP contribution is -2.41. The van der Waals surface area contributed by atoms with Crippen LogP contribution >= 0.6 is 11.6 Å². The highest BCUT2D eigenvalue weighted by Crippen LogP contribution is 2.29. The fourth-order valence-electron chi connectivity index (χ4n) is 2.12. The van der Waals surface area contributed by atoms with E-state index in [0.29, 0.717) is 5.88 Å². The maximum Gasteiger partial charge on any atom is 0.225 e. The number of nitrogens with zero attached hydrogens (tertiary/aromatic N) is 1. The third-order valence-corrected chi connectivity index (χ3v) is 4.04. The summed E-state index contributed by atoms with van der Waals surface area (Å²) in [5, 5.41) is 0. The van der Waals surface area contributed by atoms with Crippen LogP contribution in [-0.4, -0.2) is 29.8 Å². The van der Waals surface area contributed by atoms with Crippen LogP contribution in [0.3, 0.4) is 0 Å². The molecule has 1 aliphatic rings. The lowest BCUT2D eigenvalue weighted by molar-refractivity contribution is -0.136. The minimum atomic E-state index is 0.151. The van der Waals surface area contributed by atoms with Crippen LogP contribution in [0.25, 0.3) is 0 Å². The molecule has 2 nitrogen and oxygen atoms in total. The summed E-state index contributed by atoms with van der Waals surface area (Å²) in [6, 6.07) is 0.151. The Morgan fingerprint density at radius 3 is 2.40 bits per heavy atom. The first-order valence-electron chi connectivity index (χ1n) is 5.89. The third-order valence-electron chi connectivity index (χ3n) is 3.60. The molecular weight excluding hydrogens is 210 g/mol. The number of amides is 1. The number of rotatable bonds is 3. The van der Waals surface area contributed by atoms with Gasteiger partial charge in [0, 0.05) is 24.9 Å². The summed E-state index contributed by atoms with van der Waals surface area (Å²) in [5.74, 6) is 1.85. The first-order chi connectivity index (χ1) is 7.06. The highest BCUT2D eigenvalue weighted by molar-refractivity contribution is 6.18. The predicted molar refractivity (Wildman–Crippen MR) is 64.1 cm³/mol. The highest BCUT2D eigenvalue weighted by atomic mass is 35.5. The lowest BCUT2D eigenvalue weighted by Gasteiger charge is -2.31. The monoisotopic (exact) mass is 231 g/mol. The van der Waals surface area contributed by atoms with E-state index >= 15 is 0 Å². The first kappa shape index (κ1) is 12.8. The van der Waals surface area contributed by atoms with Gasteiger partial charge in [0.2, 0.25) is 5.91 Å². The molecule has 0 aromatic rings. The minimum Gasteiger partial charge on any atom is -0.342 e. The molecule has 1 aliphatic carbocycles. The van der Waals surface area contributed by atoms with Crippen LogP contribution < -0.4 is 0 Å². The fourth-order valence-corrected chi connectivity index (χ4v) is 2.32. The molecule has 1 unspecified atom stereocenters. The Hall–Kier alpha value is -0.240. The molecule has 0 bridgehead atoms. The van der Waals surface area contributed by atoms with E-state index in [2.05, 4.69) is 6.92 Å². The Bertz CT molecular complexity index is 212. The SMILES string of the molecule is CC1CCC(C(=O)N(C)C(C)CCl)CC1. The van der Waals surface area contributed by atoms with Crippen molar-refractivity contribution in [2.75, 3.05) is 12.9 Å². The summed E-state index contributed by atoms with van der Waals surface area (Å²) in [4.78, 5) is 13.9. The average Bonchev–Trinajstić information content (AvgIpc) is 2.27. The summed E-state index contributed by atoms with van der Waals surface area (Å²) >= 11 is 5.76. The van der Waals surface area contributed by atoms with Crippen molar-refractivity contribution in [3.8, 4) is 0 Å². The molecular formula is C12H22ClNO. The van der Waals surface area contributed by atoms with Crippen molar-refractivity contribution in [1.82, 2.24) is 4.90 Å². The molecule has 0 spiro atoms. The van der Waals surface area contributed by atoms with Gasteiger partial charge in [-0.3, -0.25) is 4.79 Å². The molecule has 1 saturated carbocycles. The van der Waals surface area contributed by atoms with Crippen molar-refractivity contribution >= 4 is 17.5 Å². The summed E-state index contributed by atoms with van der Waals surface area (Å²) in [7, 11) is 1.87. The number of halogens is 1. The van der Waals surface area contributed by atoms with E-state index in [4.69, 9.17) is 11.6 Å². The van der Waals surface area contributed by atoms with Crippen molar-refractivity contribution in [3.05, 3.63) is 0 Å². The van der Waals surface area contributed by atoms with Crippen molar-refractivity contribution in [3.63, 3.8) is 0 Å². The molecule has 0 saturated heterocycles. The van der Waals surface area contributed by atoms with Crippen LogP contribution in [-0.2, 0) is 4.79 Å². The Morgan fingerprint density at radius 1 is 1.40 bits per heavy atom. The largest absolute Gasteiger partial charge is 0.342 e. The minimum absolute atomic E-state index is 0.151. The van der Waals surface area contributed by atoms with E-state index in [1.54, 1.807) is 0 Å². The summed E-state index contributed by atoms with van der Waals surface area (Å²) in [6.07, 6.45) is 4.50. The Balaban J connectivity index is 2.46. The quantitative estimate of drug-likeness (QED) is 0.684. The maximum atomic E-state index is 12.1. The Morgan fingerprint density at radius 2 is 1.93 bits per heavy atom. The number of alkyl halides is 1. The second-order valence-corrected chi connectivity index (χ2v) is 5.22. The third kappa shape index (κ3) is 3.37. The molecule has 1 rings (SSSR count). The zero-order valence-electron chi connectivity index (χ0n) is 10.0. The second kappa shape index (κ2) is 5.74. The second-order valence-electron chi connectivity index (χ2n) is 4.91. The van der Waals surface area contributed by atoms with Crippen LogP contribution in [0.5, 0.6) is 0 Å². The van der Waals surface area contributed by atoms with Gasteiger partial charge in [-0.15, -0.1) is 11.6 Å². The van der Waals surface area contributed by atoms with E-state index in [-0.39, 0.29) is 17.9 Å². The number of carbonyl (C=O) groups excluding carboxylic acids is 1. The topological polar surface area (TPSA) is 20.3 Å². The van der Waals surface area contributed by atoms with Gasteiger partial charge >= 0.3 is 0 Å². The van der Waals surface area contributed by atoms with Crippen molar-refractivity contribution in [1.29, 1.82) is 0 Å². The number of hydrogen-bond donors (Lipinski definition) is 0. The van der Waals surface area contributed by atoms with Gasteiger partial charge in [0.25, 0.3) is 0 Å². The van der Waals surface area contributed by atoms with Crippen molar-refractivity contribution in [2.45, 2.75) is 45.6 Å². The molecule has 0 heterocycles. The van der Waals surface area contributed by atoms with Gasteiger partial charge in [-0.1, -0.05) is 6.92 Å². The van der Waals surface area contributed by atoms with Gasteiger partial charge < -0.3 is 4.90 Å². The van der Waals surface area contributed by atoms with Gasteiger partial charge in [0.15, 0.2) is 0 Å². The van der Waals surface area contributed by atoms with Crippen LogP contribution in [0, 0.1) is 11.8 Å². The molecule has 0 aromatic carbocycles. The van der Waals surface area contributed by atoms with Crippen LogP contribution in [0.4, 0.5) is 0 Å². The van der Waals surface area contributed by atoms with Gasteiger partial charge in [0.05, 0.1) is 0 Å². The van der Waals surface area contributed by atoms with Crippen LogP contribution in [0.2, 0.25) is 0 Å². The normalized spacial score (nSPS) is 28.5. The van der Waals surface area contributed by atoms with E-state index in [1.807, 2.05) is 18.9 Å². The van der Waals surface area contributed by atoms with E-state index in [0.717, 1.165) is 18.8 Å². The highest BCUT2D eigenvalue weighted by Gasteiger charge is 2.28. The summed E-state index contributed by atoms with van der Waals surface area (Å²) in [5.41, 5.74) is 0. The lowest BCUT2D eigenvalue weighted by atomic mass is 9.82. The Kier molecular flexibility index (Phi) is 4.91. The zero-order chi connectivity index (χ0) is 11.4. The van der Waals surface area contributed by atoms with E-state index < -0.39 is 0 Å². The molecule has 1 amide bonds. The molecule has 88 valence electrons. The summed E-state index contributed by atoms with van der Waals surface area (Å²) < 4.78 is 0. The molecule has 0 N–H and O–H groups in total.